The van der Waals surface area contributed by atoms with Crippen LogP contribution in [0.15, 0.2) is 76.8 Å². The number of nitriles is 1. The molecule has 0 aliphatic carbocycles. The SMILES string of the molecule is CCOc1cc(/C=C(\C#N)C(=O)Nc2ccccc2Cl)ccc1OCc1ccc(Br)cc1. The molecule has 0 unspecified atom stereocenters. The Hall–Kier alpha value is -3.27. The van der Waals surface area contributed by atoms with E-state index in [0.29, 0.717) is 41.0 Å². The lowest BCUT2D eigenvalue weighted by Gasteiger charge is -2.13. The summed E-state index contributed by atoms with van der Waals surface area (Å²) in [5, 5.41) is 12.5. The number of ether oxygens (including phenoxy) is 2. The van der Waals surface area contributed by atoms with Crippen molar-refractivity contribution < 1.29 is 14.3 Å². The van der Waals surface area contributed by atoms with Crippen LogP contribution < -0.4 is 14.8 Å². The van der Waals surface area contributed by atoms with Gasteiger partial charge in [-0.3, -0.25) is 4.79 Å². The highest BCUT2D eigenvalue weighted by Crippen LogP contribution is 2.30. The molecule has 0 saturated carbocycles. The quantitative estimate of drug-likeness (QED) is 0.272. The number of anilines is 1. The third kappa shape index (κ3) is 6.36. The zero-order valence-electron chi connectivity index (χ0n) is 17.3. The van der Waals surface area contributed by atoms with Crippen molar-refractivity contribution in [1.82, 2.24) is 0 Å². The molecule has 32 heavy (non-hydrogen) atoms. The first-order chi connectivity index (χ1) is 15.5. The van der Waals surface area contributed by atoms with Crippen LogP contribution in [0, 0.1) is 11.3 Å². The van der Waals surface area contributed by atoms with Gasteiger partial charge < -0.3 is 14.8 Å². The second-order valence-corrected chi connectivity index (χ2v) is 7.98. The van der Waals surface area contributed by atoms with Gasteiger partial charge in [-0.2, -0.15) is 5.26 Å². The molecule has 0 heterocycles. The van der Waals surface area contributed by atoms with E-state index in [9.17, 15) is 10.1 Å². The van der Waals surface area contributed by atoms with E-state index in [1.165, 1.54) is 6.08 Å². The van der Waals surface area contributed by atoms with Crippen molar-refractivity contribution >= 4 is 45.2 Å². The number of hydrogen-bond acceptors (Lipinski definition) is 4. The third-order valence-electron chi connectivity index (χ3n) is 4.37. The van der Waals surface area contributed by atoms with Crippen LogP contribution in [-0.2, 0) is 11.4 Å². The van der Waals surface area contributed by atoms with E-state index in [1.54, 1.807) is 42.5 Å². The van der Waals surface area contributed by atoms with Crippen molar-refractivity contribution in [2.75, 3.05) is 11.9 Å². The summed E-state index contributed by atoms with van der Waals surface area (Å²) in [7, 11) is 0. The van der Waals surface area contributed by atoms with Gasteiger partial charge in [0.25, 0.3) is 5.91 Å². The van der Waals surface area contributed by atoms with Crippen LogP contribution in [0.5, 0.6) is 11.5 Å². The van der Waals surface area contributed by atoms with E-state index < -0.39 is 5.91 Å². The maximum atomic E-state index is 12.5. The number of amides is 1. The Morgan fingerprint density at radius 2 is 1.84 bits per heavy atom. The summed E-state index contributed by atoms with van der Waals surface area (Å²) in [6.07, 6.45) is 1.49. The monoisotopic (exact) mass is 510 g/mol. The molecule has 162 valence electrons. The summed E-state index contributed by atoms with van der Waals surface area (Å²) < 4.78 is 12.6. The third-order valence-corrected chi connectivity index (χ3v) is 5.23. The number of nitrogens with zero attached hydrogens (tertiary/aromatic N) is 1. The van der Waals surface area contributed by atoms with E-state index in [1.807, 2.05) is 37.3 Å². The minimum absolute atomic E-state index is 0.0594. The molecule has 0 aromatic heterocycles. The number of hydrogen-bond donors (Lipinski definition) is 1. The lowest BCUT2D eigenvalue weighted by Crippen LogP contribution is -2.13. The molecule has 0 saturated heterocycles. The van der Waals surface area contributed by atoms with Crippen molar-refractivity contribution in [2.45, 2.75) is 13.5 Å². The summed E-state index contributed by atoms with van der Waals surface area (Å²) in [5.41, 5.74) is 2.03. The van der Waals surface area contributed by atoms with Crippen LogP contribution in [-0.4, -0.2) is 12.5 Å². The molecular formula is C25H20BrClN2O3. The minimum atomic E-state index is -0.547. The summed E-state index contributed by atoms with van der Waals surface area (Å²) in [5.74, 6) is 0.558. The number of carbonyl (C=O) groups excluding carboxylic acids is 1. The first-order valence-electron chi connectivity index (χ1n) is 9.82. The molecule has 0 fully saturated rings. The highest BCUT2D eigenvalue weighted by molar-refractivity contribution is 9.10. The van der Waals surface area contributed by atoms with Crippen LogP contribution in [0.1, 0.15) is 18.1 Å². The lowest BCUT2D eigenvalue weighted by atomic mass is 10.1. The van der Waals surface area contributed by atoms with Gasteiger partial charge in [-0.15, -0.1) is 0 Å². The lowest BCUT2D eigenvalue weighted by molar-refractivity contribution is -0.112. The molecule has 0 bridgehead atoms. The Morgan fingerprint density at radius 1 is 1.09 bits per heavy atom. The Kier molecular flexibility index (Phi) is 8.32. The molecule has 1 N–H and O–H groups in total. The van der Waals surface area contributed by atoms with E-state index >= 15 is 0 Å². The maximum absolute atomic E-state index is 12.5. The fraction of sp³-hybridized carbons (Fsp3) is 0.120. The summed E-state index contributed by atoms with van der Waals surface area (Å²) in [4.78, 5) is 12.5. The molecule has 1 amide bonds. The van der Waals surface area contributed by atoms with Gasteiger partial charge in [0.1, 0.15) is 18.2 Å². The number of halogens is 2. The Morgan fingerprint density at radius 3 is 2.53 bits per heavy atom. The Balaban J connectivity index is 1.78. The summed E-state index contributed by atoms with van der Waals surface area (Å²) in [6, 6.07) is 21.9. The van der Waals surface area contributed by atoms with Gasteiger partial charge in [0.2, 0.25) is 0 Å². The van der Waals surface area contributed by atoms with Gasteiger partial charge in [-0.25, -0.2) is 0 Å². The largest absolute Gasteiger partial charge is 0.490 e. The normalized spacial score (nSPS) is 10.9. The first kappa shape index (κ1) is 23.4. The van der Waals surface area contributed by atoms with E-state index in [-0.39, 0.29) is 5.57 Å². The average molecular weight is 512 g/mol. The van der Waals surface area contributed by atoms with Gasteiger partial charge in [0, 0.05) is 4.47 Å². The molecule has 5 nitrogen and oxygen atoms in total. The first-order valence-corrected chi connectivity index (χ1v) is 11.0. The topological polar surface area (TPSA) is 71.3 Å². The van der Waals surface area contributed by atoms with E-state index in [2.05, 4.69) is 21.2 Å². The van der Waals surface area contributed by atoms with Crippen LogP contribution in [0.2, 0.25) is 5.02 Å². The van der Waals surface area contributed by atoms with Crippen molar-refractivity contribution in [1.29, 1.82) is 5.26 Å². The van der Waals surface area contributed by atoms with Crippen molar-refractivity contribution in [2.24, 2.45) is 0 Å². The smallest absolute Gasteiger partial charge is 0.266 e. The fourth-order valence-corrected chi connectivity index (χ4v) is 3.26. The zero-order valence-corrected chi connectivity index (χ0v) is 19.6. The van der Waals surface area contributed by atoms with Crippen LogP contribution in [0.25, 0.3) is 6.08 Å². The van der Waals surface area contributed by atoms with E-state index in [0.717, 1.165) is 10.0 Å². The second kappa shape index (κ2) is 11.4. The zero-order chi connectivity index (χ0) is 22.9. The highest BCUT2D eigenvalue weighted by Gasteiger charge is 2.13. The maximum Gasteiger partial charge on any atom is 0.266 e. The second-order valence-electron chi connectivity index (χ2n) is 6.66. The molecule has 3 aromatic rings. The molecular weight excluding hydrogens is 492 g/mol. The number of rotatable bonds is 8. The van der Waals surface area contributed by atoms with Crippen LogP contribution in [0.3, 0.4) is 0 Å². The fourth-order valence-electron chi connectivity index (χ4n) is 2.81. The van der Waals surface area contributed by atoms with Gasteiger partial charge in [-0.05, 0) is 60.5 Å². The molecule has 7 heteroatoms. The molecule has 0 radical (unpaired) electrons. The average Bonchev–Trinajstić information content (AvgIpc) is 2.79. The number of carbonyl (C=O) groups is 1. The van der Waals surface area contributed by atoms with Crippen LogP contribution >= 0.6 is 27.5 Å². The van der Waals surface area contributed by atoms with Crippen LogP contribution in [0.4, 0.5) is 5.69 Å². The molecule has 3 rings (SSSR count). The van der Waals surface area contributed by atoms with Gasteiger partial charge in [0.05, 0.1) is 17.3 Å². The summed E-state index contributed by atoms with van der Waals surface area (Å²) in [6.45, 7) is 2.70. The number of para-hydroxylation sites is 1. The standard InChI is InChI=1S/C25H20BrClN2O3/c1-2-31-24-14-18(9-12-23(24)32-16-17-7-10-20(26)11-8-17)13-19(15-28)25(30)29-22-6-4-3-5-21(22)27/h3-14H,2,16H2,1H3,(H,29,30)/b19-13+. The number of nitrogens with one attached hydrogen (secondary N) is 1. The van der Waals surface area contributed by atoms with Crippen molar-refractivity contribution in [3.05, 3.63) is 92.9 Å². The van der Waals surface area contributed by atoms with Gasteiger partial charge >= 0.3 is 0 Å². The molecule has 3 aromatic carbocycles. The number of benzene rings is 3. The Bertz CT molecular complexity index is 1170. The van der Waals surface area contributed by atoms with Gasteiger partial charge in [-0.1, -0.05) is 57.9 Å². The minimum Gasteiger partial charge on any atom is -0.490 e. The molecule has 0 spiro atoms. The molecule has 0 atom stereocenters. The summed E-state index contributed by atoms with van der Waals surface area (Å²) >= 11 is 9.50. The van der Waals surface area contributed by atoms with Gasteiger partial charge in [0.15, 0.2) is 11.5 Å². The predicted molar refractivity (Wildman–Crippen MR) is 130 cm³/mol. The molecule has 0 aliphatic rings. The highest BCUT2D eigenvalue weighted by atomic mass is 79.9. The van der Waals surface area contributed by atoms with E-state index in [4.69, 9.17) is 21.1 Å². The molecule has 0 aliphatic heterocycles. The predicted octanol–water partition coefficient (Wildman–Crippen LogP) is 6.63. The van der Waals surface area contributed by atoms with Crippen molar-refractivity contribution in [3.63, 3.8) is 0 Å². The van der Waals surface area contributed by atoms with Crippen molar-refractivity contribution in [3.8, 4) is 17.6 Å². The Labute approximate surface area is 200 Å².